The Hall–Kier alpha value is -1.07. The summed E-state index contributed by atoms with van der Waals surface area (Å²) in [6.07, 6.45) is 1.09. The highest BCUT2D eigenvalue weighted by molar-refractivity contribution is 7.18. The molecule has 0 spiro atoms. The predicted octanol–water partition coefficient (Wildman–Crippen LogP) is 2.68. The van der Waals surface area contributed by atoms with E-state index in [9.17, 15) is 4.79 Å². The molecular formula is C13H23N3OS. The largest absolute Gasteiger partial charge is 0.397 e. The molecule has 1 rings (SSSR count). The van der Waals surface area contributed by atoms with Gasteiger partial charge < -0.3 is 16.0 Å². The van der Waals surface area contributed by atoms with E-state index in [4.69, 9.17) is 5.73 Å². The second kappa shape index (κ2) is 7.38. The van der Waals surface area contributed by atoms with Crippen LogP contribution in [-0.2, 0) is 0 Å². The van der Waals surface area contributed by atoms with Gasteiger partial charge >= 0.3 is 0 Å². The minimum absolute atomic E-state index is 0.0358. The van der Waals surface area contributed by atoms with Gasteiger partial charge in [-0.3, -0.25) is 4.79 Å². The second-order valence-electron chi connectivity index (χ2n) is 4.26. The van der Waals surface area contributed by atoms with Gasteiger partial charge in [-0.05, 0) is 32.1 Å². The first-order valence-electron chi connectivity index (χ1n) is 6.44. The summed E-state index contributed by atoms with van der Waals surface area (Å²) in [6.45, 7) is 10.1. The second-order valence-corrected chi connectivity index (χ2v) is 5.31. The maximum absolute atomic E-state index is 11.3. The van der Waals surface area contributed by atoms with E-state index >= 15 is 0 Å². The van der Waals surface area contributed by atoms with Gasteiger partial charge in [0.05, 0.1) is 15.6 Å². The van der Waals surface area contributed by atoms with Gasteiger partial charge in [-0.25, -0.2) is 0 Å². The van der Waals surface area contributed by atoms with Crippen LogP contribution in [0.15, 0.2) is 6.07 Å². The van der Waals surface area contributed by atoms with Crippen LogP contribution < -0.4 is 11.1 Å². The number of hydrogen-bond donors (Lipinski definition) is 2. The molecule has 0 saturated carbocycles. The first-order valence-corrected chi connectivity index (χ1v) is 7.26. The highest BCUT2D eigenvalue weighted by Crippen LogP contribution is 2.29. The molecule has 0 aliphatic carbocycles. The van der Waals surface area contributed by atoms with Crippen LogP contribution in [0, 0.1) is 0 Å². The Morgan fingerprint density at radius 3 is 2.61 bits per heavy atom. The van der Waals surface area contributed by atoms with E-state index < -0.39 is 0 Å². The van der Waals surface area contributed by atoms with Crippen molar-refractivity contribution in [3.63, 3.8) is 0 Å². The lowest BCUT2D eigenvalue weighted by molar-refractivity contribution is 0.102. The monoisotopic (exact) mass is 269 g/mol. The molecule has 0 saturated heterocycles. The molecule has 1 heterocycles. The number of rotatable bonds is 8. The van der Waals surface area contributed by atoms with E-state index in [0.29, 0.717) is 10.6 Å². The van der Waals surface area contributed by atoms with E-state index in [-0.39, 0.29) is 5.78 Å². The molecule has 0 aliphatic rings. The number of nitrogens with zero attached hydrogens (tertiary/aromatic N) is 1. The predicted molar refractivity (Wildman–Crippen MR) is 79.6 cm³/mol. The van der Waals surface area contributed by atoms with Gasteiger partial charge in [-0.15, -0.1) is 11.3 Å². The third-order valence-corrected chi connectivity index (χ3v) is 4.13. The Morgan fingerprint density at radius 1 is 1.44 bits per heavy atom. The van der Waals surface area contributed by atoms with Gasteiger partial charge in [0.25, 0.3) is 0 Å². The van der Waals surface area contributed by atoms with Gasteiger partial charge in [0.15, 0.2) is 5.78 Å². The summed E-state index contributed by atoms with van der Waals surface area (Å²) in [4.78, 5) is 14.3. The van der Waals surface area contributed by atoms with Crippen LogP contribution in [0.3, 0.4) is 0 Å². The summed E-state index contributed by atoms with van der Waals surface area (Å²) >= 11 is 1.44. The molecule has 0 amide bonds. The Balaban J connectivity index is 2.36. The number of nitrogen functional groups attached to an aromatic ring is 1. The average molecular weight is 269 g/mol. The highest BCUT2D eigenvalue weighted by Gasteiger charge is 2.09. The molecule has 0 unspecified atom stereocenters. The zero-order chi connectivity index (χ0) is 13.5. The Kier molecular flexibility index (Phi) is 6.15. The number of carbonyl (C=O) groups excluding carboxylic acids is 1. The Labute approximate surface area is 113 Å². The number of nitrogens with one attached hydrogen (secondary N) is 1. The molecule has 3 N–H and O–H groups in total. The summed E-state index contributed by atoms with van der Waals surface area (Å²) in [7, 11) is 0. The number of nitrogens with two attached hydrogens (primary N) is 1. The van der Waals surface area contributed by atoms with Gasteiger partial charge in [-0.2, -0.15) is 0 Å². The van der Waals surface area contributed by atoms with Gasteiger partial charge in [0.2, 0.25) is 0 Å². The average Bonchev–Trinajstić information content (AvgIpc) is 2.71. The topological polar surface area (TPSA) is 58.4 Å². The Morgan fingerprint density at radius 2 is 2.11 bits per heavy atom. The van der Waals surface area contributed by atoms with Crippen LogP contribution in [0.2, 0.25) is 0 Å². The molecule has 0 radical (unpaired) electrons. The van der Waals surface area contributed by atoms with E-state index in [1.54, 1.807) is 6.92 Å². The zero-order valence-corrected chi connectivity index (χ0v) is 12.3. The molecule has 0 atom stereocenters. The highest BCUT2D eigenvalue weighted by atomic mass is 32.1. The van der Waals surface area contributed by atoms with Gasteiger partial charge in [-0.1, -0.05) is 13.8 Å². The van der Waals surface area contributed by atoms with E-state index in [0.717, 1.165) is 37.6 Å². The molecule has 0 fully saturated rings. The number of ketones is 1. The fraction of sp³-hybridized carbons (Fsp3) is 0.615. The third-order valence-electron chi connectivity index (χ3n) is 2.93. The van der Waals surface area contributed by atoms with Crippen molar-refractivity contribution in [3.8, 4) is 0 Å². The van der Waals surface area contributed by atoms with Crippen molar-refractivity contribution < 1.29 is 4.79 Å². The van der Waals surface area contributed by atoms with Gasteiger partial charge in [0, 0.05) is 13.5 Å². The standard InChI is InChI=1S/C13H23N3OS/c1-4-16(5-2)8-6-7-15-12-9-11(14)13(18-12)10(3)17/h9,15H,4-8,14H2,1-3H3. The molecular weight excluding hydrogens is 246 g/mol. The van der Waals surface area contributed by atoms with Crippen LogP contribution in [0.25, 0.3) is 0 Å². The molecule has 102 valence electrons. The molecule has 0 aliphatic heterocycles. The number of thiophene rings is 1. The first-order chi connectivity index (χ1) is 8.58. The summed E-state index contributed by atoms with van der Waals surface area (Å²) in [6, 6.07) is 1.85. The van der Waals surface area contributed by atoms with E-state index in [1.807, 2.05) is 6.07 Å². The van der Waals surface area contributed by atoms with Crippen molar-refractivity contribution in [2.75, 3.05) is 37.2 Å². The van der Waals surface area contributed by atoms with Crippen LogP contribution >= 0.6 is 11.3 Å². The maximum Gasteiger partial charge on any atom is 0.171 e. The van der Waals surface area contributed by atoms with Crippen LogP contribution in [-0.4, -0.2) is 36.9 Å². The first kappa shape index (κ1) is 15.0. The molecule has 5 heteroatoms. The maximum atomic E-state index is 11.3. The summed E-state index contributed by atoms with van der Waals surface area (Å²) < 4.78 is 0. The quantitative estimate of drug-likeness (QED) is 0.563. The molecule has 1 aromatic rings. The van der Waals surface area contributed by atoms with E-state index in [1.165, 1.54) is 11.3 Å². The number of Topliss-reactive ketones (excluding diaryl/α,β-unsaturated/α-hetero) is 1. The Bertz CT molecular complexity index is 386. The molecule has 1 aromatic heterocycles. The minimum Gasteiger partial charge on any atom is -0.397 e. The van der Waals surface area contributed by atoms with Crippen LogP contribution in [0.5, 0.6) is 0 Å². The van der Waals surface area contributed by atoms with Crippen molar-refractivity contribution in [2.45, 2.75) is 27.2 Å². The van der Waals surface area contributed by atoms with Gasteiger partial charge in [0.1, 0.15) is 0 Å². The number of carbonyl (C=O) groups is 1. The van der Waals surface area contributed by atoms with Crippen molar-refractivity contribution in [1.82, 2.24) is 4.90 Å². The number of anilines is 2. The van der Waals surface area contributed by atoms with Crippen molar-refractivity contribution >= 4 is 27.8 Å². The van der Waals surface area contributed by atoms with Crippen LogP contribution in [0.4, 0.5) is 10.7 Å². The lowest BCUT2D eigenvalue weighted by atomic mass is 10.3. The van der Waals surface area contributed by atoms with E-state index in [2.05, 4.69) is 24.1 Å². The zero-order valence-electron chi connectivity index (χ0n) is 11.5. The minimum atomic E-state index is 0.0358. The molecule has 4 nitrogen and oxygen atoms in total. The lowest BCUT2D eigenvalue weighted by Gasteiger charge is -2.17. The molecule has 18 heavy (non-hydrogen) atoms. The van der Waals surface area contributed by atoms with Crippen molar-refractivity contribution in [3.05, 3.63) is 10.9 Å². The summed E-state index contributed by atoms with van der Waals surface area (Å²) in [5.41, 5.74) is 6.36. The normalized spacial score (nSPS) is 10.9. The number of hydrogen-bond acceptors (Lipinski definition) is 5. The fourth-order valence-corrected chi connectivity index (χ4v) is 2.72. The fourth-order valence-electron chi connectivity index (χ4n) is 1.82. The summed E-state index contributed by atoms with van der Waals surface area (Å²) in [5, 5.41) is 4.31. The SMILES string of the molecule is CCN(CC)CCCNc1cc(N)c(C(C)=O)s1. The molecule has 0 bridgehead atoms. The lowest BCUT2D eigenvalue weighted by Crippen LogP contribution is -2.25. The summed E-state index contributed by atoms with van der Waals surface area (Å²) in [5.74, 6) is 0.0358. The smallest absolute Gasteiger partial charge is 0.171 e. The van der Waals surface area contributed by atoms with Crippen molar-refractivity contribution in [2.24, 2.45) is 0 Å². The third kappa shape index (κ3) is 4.31. The van der Waals surface area contributed by atoms with Crippen LogP contribution in [0.1, 0.15) is 36.9 Å². The van der Waals surface area contributed by atoms with Crippen molar-refractivity contribution in [1.29, 1.82) is 0 Å². The molecule has 0 aromatic carbocycles.